The fraction of sp³-hybridized carbons (Fsp3) is 0. The first-order chi connectivity index (χ1) is 0. The van der Waals surface area contributed by atoms with Crippen LogP contribution in [0.2, 0.25) is 0 Å². The van der Waals surface area contributed by atoms with Gasteiger partial charge in [0.05, 0.1) is 0 Å². The molecule has 1 nitrogen and oxygen atoms in total. The molecule has 0 amide bonds. The van der Waals surface area contributed by atoms with Crippen LogP contribution in [-0.2, 0) is 0 Å². The van der Waals surface area contributed by atoms with Crippen molar-refractivity contribution in [3.8, 4) is 0 Å². The van der Waals surface area contributed by atoms with Gasteiger partial charge in [-0.15, -0.1) is 24.8 Å². The van der Waals surface area contributed by atoms with Crippen LogP contribution in [0.5, 0.6) is 0 Å². The standard InChI is InChI=1S/2Ca.2ClH.Na.H2O.5H/h;;2*1H;;1H2;;;;;/q2*+2;;;+1;;5*-1. The molecule has 0 aliphatic heterocycles. The first kappa shape index (κ1) is 50.1. The number of hydrogen-bond acceptors (Lipinski definition) is 0. The van der Waals surface area contributed by atoms with Crippen molar-refractivity contribution in [1.29, 1.82) is 0 Å². The normalized spacial score (nSPS) is 0. The molecule has 0 aromatic carbocycles. The molecule has 0 bridgehead atoms. The zero-order valence-electron chi connectivity index (χ0n) is 8.73. The average molecular weight is 199 g/mol. The molecule has 34 valence electrons. The van der Waals surface area contributed by atoms with E-state index in [4.69, 9.17) is 0 Å². The Morgan fingerprint density at radius 3 is 0.833 bits per heavy atom. The molecular formula is H9Ca2Cl2NaO. The predicted octanol–water partition coefficient (Wildman–Crippen LogP) is -3.18. The Hall–Kier alpha value is 4.06. The summed E-state index contributed by atoms with van der Waals surface area (Å²) in [6.45, 7) is 0. The average Bonchev–Trinajstić information content (AvgIpc) is 0. The van der Waals surface area contributed by atoms with Gasteiger partial charge in [-0.05, 0) is 0 Å². The van der Waals surface area contributed by atoms with E-state index in [-0.39, 0.29) is 142 Å². The van der Waals surface area contributed by atoms with Crippen molar-refractivity contribution in [1.82, 2.24) is 0 Å². The molecule has 0 unspecified atom stereocenters. The van der Waals surface area contributed by atoms with Gasteiger partial charge < -0.3 is 12.6 Å². The van der Waals surface area contributed by atoms with Crippen molar-refractivity contribution < 1.29 is 42.2 Å². The van der Waals surface area contributed by atoms with Crippen molar-refractivity contribution in [2.45, 2.75) is 0 Å². The van der Waals surface area contributed by atoms with Gasteiger partial charge in [-0.25, -0.2) is 0 Å². The third-order valence-electron chi connectivity index (χ3n) is 0. The number of rotatable bonds is 0. The summed E-state index contributed by atoms with van der Waals surface area (Å²) < 4.78 is 0. The zero-order valence-corrected chi connectivity index (χ0v) is 11.8. The van der Waals surface area contributed by atoms with Gasteiger partial charge in [-0.2, -0.15) is 0 Å². The molecule has 0 aliphatic rings. The van der Waals surface area contributed by atoms with E-state index in [0.717, 1.165) is 0 Å². The third-order valence-corrected chi connectivity index (χ3v) is 0. The Labute approximate surface area is 139 Å². The van der Waals surface area contributed by atoms with Crippen LogP contribution in [0.3, 0.4) is 0 Å². The van der Waals surface area contributed by atoms with E-state index >= 15 is 0 Å². The van der Waals surface area contributed by atoms with Gasteiger partial charge in [-0.1, -0.05) is 0 Å². The summed E-state index contributed by atoms with van der Waals surface area (Å²) in [6, 6.07) is 0. The summed E-state index contributed by atoms with van der Waals surface area (Å²) in [5.74, 6) is 0. The molecule has 0 radical (unpaired) electrons. The van der Waals surface area contributed by atoms with Gasteiger partial charge in [0.1, 0.15) is 0 Å². The molecule has 6 heavy (non-hydrogen) atoms. The molecule has 2 N–H and O–H groups in total. The van der Waals surface area contributed by atoms with E-state index in [9.17, 15) is 0 Å². The summed E-state index contributed by atoms with van der Waals surface area (Å²) in [5.41, 5.74) is 0. The minimum atomic E-state index is 0. The van der Waals surface area contributed by atoms with E-state index in [0.29, 0.717) is 0 Å². The monoisotopic (exact) mass is 198 g/mol. The van der Waals surface area contributed by atoms with Crippen LogP contribution in [0.1, 0.15) is 7.13 Å². The van der Waals surface area contributed by atoms with Crippen LogP contribution in [0.25, 0.3) is 0 Å². The Morgan fingerprint density at radius 1 is 0.833 bits per heavy atom. The fourth-order valence-electron chi connectivity index (χ4n) is 0. The topological polar surface area (TPSA) is 31.5 Å². The third kappa shape index (κ3) is 24.4. The molecule has 0 aromatic heterocycles. The van der Waals surface area contributed by atoms with Gasteiger partial charge in [0.15, 0.2) is 0 Å². The number of halogens is 2. The maximum absolute atomic E-state index is 0. The van der Waals surface area contributed by atoms with Crippen LogP contribution in [0, 0.1) is 0 Å². The molecule has 0 saturated carbocycles. The Bertz CT molecular complexity index is 22.4. The summed E-state index contributed by atoms with van der Waals surface area (Å²) >= 11 is 0. The minimum absolute atomic E-state index is 0. The van der Waals surface area contributed by atoms with Crippen molar-refractivity contribution >= 4 is 100 Å². The van der Waals surface area contributed by atoms with Crippen molar-refractivity contribution in [3.63, 3.8) is 0 Å². The molecule has 0 spiro atoms. The van der Waals surface area contributed by atoms with Crippen LogP contribution in [0.15, 0.2) is 0 Å². The van der Waals surface area contributed by atoms with Crippen LogP contribution >= 0.6 is 24.8 Å². The second-order valence-corrected chi connectivity index (χ2v) is 0. The number of hydrogen-bond donors (Lipinski definition) is 0. The SMILES string of the molecule is Cl.Cl.O.[Ca+2].[Ca+2].[H-].[H-].[H-].[H-].[H-].[Na+]. The minimum Gasteiger partial charge on any atom is -1.00 e. The molecule has 0 aromatic rings. The first-order valence-corrected chi connectivity index (χ1v) is 0. The van der Waals surface area contributed by atoms with Gasteiger partial charge >= 0.3 is 105 Å². The molecule has 0 rings (SSSR count). The summed E-state index contributed by atoms with van der Waals surface area (Å²) in [4.78, 5) is 0. The van der Waals surface area contributed by atoms with E-state index < -0.39 is 0 Å². The maximum atomic E-state index is 0. The van der Waals surface area contributed by atoms with Crippen LogP contribution in [-0.4, -0.2) is 81.0 Å². The van der Waals surface area contributed by atoms with Crippen LogP contribution in [0.4, 0.5) is 0 Å². The van der Waals surface area contributed by atoms with E-state index in [1.165, 1.54) is 0 Å². The Kier molecular flexibility index (Phi) is 298. The largest absolute Gasteiger partial charge is 2.00 e. The quantitative estimate of drug-likeness (QED) is 0.368. The molecule has 0 atom stereocenters. The van der Waals surface area contributed by atoms with Gasteiger partial charge in [0.25, 0.3) is 0 Å². The molecular weight excluding hydrogens is 190 g/mol. The van der Waals surface area contributed by atoms with Crippen LogP contribution < -0.4 is 29.6 Å². The van der Waals surface area contributed by atoms with Crippen molar-refractivity contribution in [3.05, 3.63) is 0 Å². The van der Waals surface area contributed by atoms with E-state index in [2.05, 4.69) is 0 Å². The molecule has 0 heterocycles. The zero-order chi connectivity index (χ0) is 0. The van der Waals surface area contributed by atoms with Gasteiger partial charge in [0, 0.05) is 0 Å². The first-order valence-electron chi connectivity index (χ1n) is 0. The smallest absolute Gasteiger partial charge is 1.00 e. The molecule has 0 fully saturated rings. The molecule has 6 heteroatoms. The van der Waals surface area contributed by atoms with Crippen molar-refractivity contribution in [2.24, 2.45) is 0 Å². The Balaban J connectivity index is 0. The molecule has 0 aliphatic carbocycles. The Morgan fingerprint density at radius 2 is 0.833 bits per heavy atom. The second kappa shape index (κ2) is 35.7. The maximum Gasteiger partial charge on any atom is 2.00 e. The van der Waals surface area contributed by atoms with E-state index in [1.54, 1.807) is 0 Å². The fourth-order valence-corrected chi connectivity index (χ4v) is 0. The second-order valence-electron chi connectivity index (χ2n) is 0. The van der Waals surface area contributed by atoms with E-state index in [1.807, 2.05) is 0 Å². The van der Waals surface area contributed by atoms with Gasteiger partial charge in [-0.3, -0.25) is 0 Å². The molecule has 0 saturated heterocycles. The predicted molar refractivity (Wildman–Crippen MR) is 35.2 cm³/mol. The summed E-state index contributed by atoms with van der Waals surface area (Å²) in [6.07, 6.45) is 0. The van der Waals surface area contributed by atoms with Crippen molar-refractivity contribution in [2.75, 3.05) is 0 Å². The summed E-state index contributed by atoms with van der Waals surface area (Å²) in [5, 5.41) is 0. The van der Waals surface area contributed by atoms with Gasteiger partial charge in [0.2, 0.25) is 0 Å². The summed E-state index contributed by atoms with van der Waals surface area (Å²) in [7, 11) is 0.